The van der Waals surface area contributed by atoms with E-state index in [9.17, 15) is 9.59 Å². The lowest BCUT2D eigenvalue weighted by atomic mass is 10.1. The Morgan fingerprint density at radius 2 is 2.21 bits per heavy atom. The van der Waals surface area contributed by atoms with Crippen LogP contribution in [0.25, 0.3) is 0 Å². The van der Waals surface area contributed by atoms with Gasteiger partial charge < -0.3 is 15.3 Å². The van der Waals surface area contributed by atoms with Crippen LogP contribution in [0.5, 0.6) is 0 Å². The summed E-state index contributed by atoms with van der Waals surface area (Å²) in [5, 5.41) is 20.0. The quantitative estimate of drug-likeness (QED) is 0.832. The first kappa shape index (κ1) is 14.5. The van der Waals surface area contributed by atoms with Gasteiger partial charge in [-0.05, 0) is 24.6 Å². The Hall–Kier alpha value is -2.55. The fourth-order valence-electron chi connectivity index (χ4n) is 1.53. The highest BCUT2D eigenvalue weighted by Crippen LogP contribution is 2.04. The molecule has 0 heterocycles. The largest absolute Gasteiger partial charge is 0.480 e. The summed E-state index contributed by atoms with van der Waals surface area (Å²) in [7, 11) is 0. The molecule has 0 fully saturated rings. The van der Waals surface area contributed by atoms with Gasteiger partial charge in [0.05, 0.1) is 11.6 Å². The molecule has 0 aliphatic carbocycles. The number of nitrogens with zero attached hydrogens (tertiary/aromatic N) is 2. The van der Waals surface area contributed by atoms with Crippen LogP contribution >= 0.6 is 0 Å². The van der Waals surface area contributed by atoms with Crippen molar-refractivity contribution < 1.29 is 14.7 Å². The molecule has 100 valence electrons. The highest BCUT2D eigenvalue weighted by Gasteiger charge is 2.14. The van der Waals surface area contributed by atoms with Crippen LogP contribution < -0.4 is 5.32 Å². The van der Waals surface area contributed by atoms with E-state index in [4.69, 9.17) is 10.4 Å². The average molecular weight is 261 g/mol. The number of amides is 2. The highest BCUT2D eigenvalue weighted by molar-refractivity contribution is 5.80. The zero-order valence-corrected chi connectivity index (χ0v) is 10.6. The molecule has 6 heteroatoms. The summed E-state index contributed by atoms with van der Waals surface area (Å²) in [6, 6.07) is 8.44. The highest BCUT2D eigenvalue weighted by atomic mass is 16.4. The van der Waals surface area contributed by atoms with Gasteiger partial charge in [-0.1, -0.05) is 12.1 Å². The number of rotatable bonds is 5. The SMILES string of the molecule is CCN(CC(=O)O)C(=O)NCc1cccc(C#N)c1. The van der Waals surface area contributed by atoms with Crippen LogP contribution in [0.2, 0.25) is 0 Å². The lowest BCUT2D eigenvalue weighted by Gasteiger charge is -2.19. The first-order valence-electron chi connectivity index (χ1n) is 5.80. The van der Waals surface area contributed by atoms with Crippen LogP contribution in [0.1, 0.15) is 18.1 Å². The summed E-state index contributed by atoms with van der Waals surface area (Å²) in [5.41, 5.74) is 1.31. The number of likely N-dealkylation sites (N-methyl/N-ethyl adjacent to an activating group) is 1. The fraction of sp³-hybridized carbons (Fsp3) is 0.308. The topological polar surface area (TPSA) is 93.4 Å². The second kappa shape index (κ2) is 7.01. The maximum absolute atomic E-state index is 11.7. The van der Waals surface area contributed by atoms with Crippen molar-refractivity contribution in [2.75, 3.05) is 13.1 Å². The van der Waals surface area contributed by atoms with Crippen molar-refractivity contribution in [3.05, 3.63) is 35.4 Å². The summed E-state index contributed by atoms with van der Waals surface area (Å²) in [6.07, 6.45) is 0. The molecule has 0 unspecified atom stereocenters. The Kier molecular flexibility index (Phi) is 5.35. The molecule has 2 amide bonds. The molecule has 6 nitrogen and oxygen atoms in total. The Balaban J connectivity index is 2.57. The zero-order chi connectivity index (χ0) is 14.3. The summed E-state index contributed by atoms with van der Waals surface area (Å²) in [4.78, 5) is 23.5. The van der Waals surface area contributed by atoms with Crippen molar-refractivity contribution in [1.82, 2.24) is 10.2 Å². The molecule has 1 rings (SSSR count). The lowest BCUT2D eigenvalue weighted by molar-refractivity contribution is -0.137. The molecule has 19 heavy (non-hydrogen) atoms. The number of urea groups is 1. The molecule has 0 aromatic heterocycles. The van der Waals surface area contributed by atoms with Gasteiger partial charge in [0, 0.05) is 13.1 Å². The van der Waals surface area contributed by atoms with Gasteiger partial charge in [0.1, 0.15) is 6.54 Å². The minimum atomic E-state index is -1.05. The van der Waals surface area contributed by atoms with Crippen LogP contribution in [0.4, 0.5) is 4.79 Å². The monoisotopic (exact) mass is 261 g/mol. The standard InChI is InChI=1S/C13H15N3O3/c1-2-16(9-12(17)18)13(19)15-8-11-5-3-4-10(6-11)7-14/h3-6H,2,8-9H2,1H3,(H,15,19)(H,17,18). The molecule has 1 aromatic carbocycles. The fourth-order valence-corrected chi connectivity index (χ4v) is 1.53. The molecule has 0 atom stereocenters. The Labute approximate surface area is 111 Å². The molecule has 0 aliphatic rings. The van der Waals surface area contributed by atoms with Crippen LogP contribution in [0, 0.1) is 11.3 Å². The molecular weight excluding hydrogens is 246 g/mol. The number of hydrogen-bond acceptors (Lipinski definition) is 3. The van der Waals surface area contributed by atoms with E-state index in [1.54, 1.807) is 31.2 Å². The number of benzene rings is 1. The van der Waals surface area contributed by atoms with Gasteiger partial charge in [0.2, 0.25) is 0 Å². The Morgan fingerprint density at radius 3 is 2.79 bits per heavy atom. The molecule has 1 aromatic rings. The number of nitrogens with one attached hydrogen (secondary N) is 1. The van der Waals surface area contributed by atoms with Crippen LogP contribution in [-0.2, 0) is 11.3 Å². The van der Waals surface area contributed by atoms with Gasteiger partial charge >= 0.3 is 12.0 Å². The van der Waals surface area contributed by atoms with E-state index in [0.717, 1.165) is 5.56 Å². The van der Waals surface area contributed by atoms with Crippen molar-refractivity contribution in [2.45, 2.75) is 13.5 Å². The summed E-state index contributed by atoms with van der Waals surface area (Å²) in [6.45, 7) is 1.94. The maximum Gasteiger partial charge on any atom is 0.323 e. The summed E-state index contributed by atoms with van der Waals surface area (Å²) >= 11 is 0. The smallest absolute Gasteiger partial charge is 0.323 e. The van der Waals surface area contributed by atoms with Crippen molar-refractivity contribution in [1.29, 1.82) is 5.26 Å². The van der Waals surface area contributed by atoms with Gasteiger partial charge in [0.15, 0.2) is 0 Å². The molecule has 2 N–H and O–H groups in total. The van der Waals surface area contributed by atoms with Crippen molar-refractivity contribution in [2.24, 2.45) is 0 Å². The summed E-state index contributed by atoms with van der Waals surface area (Å²) < 4.78 is 0. The molecule has 0 saturated heterocycles. The molecular formula is C13H15N3O3. The molecule has 0 saturated carbocycles. The van der Waals surface area contributed by atoms with Gasteiger partial charge in [-0.25, -0.2) is 4.79 Å². The third-order valence-corrected chi connectivity index (χ3v) is 2.49. The van der Waals surface area contributed by atoms with E-state index in [1.807, 2.05) is 6.07 Å². The number of carbonyl (C=O) groups is 2. The maximum atomic E-state index is 11.7. The number of aliphatic carboxylic acids is 1. The van der Waals surface area contributed by atoms with Gasteiger partial charge in [-0.3, -0.25) is 4.79 Å². The van der Waals surface area contributed by atoms with E-state index in [2.05, 4.69) is 5.32 Å². The second-order valence-corrected chi connectivity index (χ2v) is 3.88. The molecule has 0 bridgehead atoms. The minimum absolute atomic E-state index is 0.254. The molecule has 0 spiro atoms. The minimum Gasteiger partial charge on any atom is -0.480 e. The van der Waals surface area contributed by atoms with Gasteiger partial charge in [-0.2, -0.15) is 5.26 Å². The lowest BCUT2D eigenvalue weighted by Crippen LogP contribution is -2.42. The first-order valence-corrected chi connectivity index (χ1v) is 5.80. The Morgan fingerprint density at radius 1 is 1.47 bits per heavy atom. The van der Waals surface area contributed by atoms with Crippen LogP contribution in [0.3, 0.4) is 0 Å². The van der Waals surface area contributed by atoms with Gasteiger partial charge in [-0.15, -0.1) is 0 Å². The number of hydrogen-bond donors (Lipinski definition) is 2. The van der Waals surface area contributed by atoms with Crippen LogP contribution in [0.15, 0.2) is 24.3 Å². The van der Waals surface area contributed by atoms with Gasteiger partial charge in [0.25, 0.3) is 0 Å². The number of carbonyl (C=O) groups excluding carboxylic acids is 1. The third-order valence-electron chi connectivity index (χ3n) is 2.49. The molecule has 0 aliphatic heterocycles. The number of carboxylic acids is 1. The number of nitriles is 1. The molecule has 0 radical (unpaired) electrons. The van der Waals surface area contributed by atoms with Crippen molar-refractivity contribution >= 4 is 12.0 Å². The first-order chi connectivity index (χ1) is 9.06. The van der Waals surface area contributed by atoms with E-state index >= 15 is 0 Å². The zero-order valence-electron chi connectivity index (χ0n) is 10.6. The predicted molar refractivity (Wildman–Crippen MR) is 68.3 cm³/mol. The predicted octanol–water partition coefficient (Wildman–Crippen LogP) is 1.17. The van der Waals surface area contributed by atoms with Crippen molar-refractivity contribution in [3.8, 4) is 6.07 Å². The second-order valence-electron chi connectivity index (χ2n) is 3.88. The van der Waals surface area contributed by atoms with E-state index in [-0.39, 0.29) is 13.1 Å². The van der Waals surface area contributed by atoms with Crippen LogP contribution in [-0.4, -0.2) is 35.1 Å². The van der Waals surface area contributed by atoms with E-state index < -0.39 is 12.0 Å². The normalized spacial score (nSPS) is 9.47. The summed E-state index contributed by atoms with van der Waals surface area (Å²) in [5.74, 6) is -1.05. The van der Waals surface area contributed by atoms with Crippen molar-refractivity contribution in [3.63, 3.8) is 0 Å². The Bertz CT molecular complexity index is 508. The average Bonchev–Trinajstić information content (AvgIpc) is 2.42. The number of carboxylic acid groups (broad SMARTS) is 1. The third kappa shape index (κ3) is 4.68. The van der Waals surface area contributed by atoms with E-state index in [1.165, 1.54) is 4.90 Å². The van der Waals surface area contributed by atoms with E-state index in [0.29, 0.717) is 12.1 Å².